The van der Waals surface area contributed by atoms with E-state index in [0.717, 1.165) is 11.3 Å². The minimum absolute atomic E-state index is 0.540. The van der Waals surface area contributed by atoms with Crippen molar-refractivity contribution in [3.05, 3.63) is 65.2 Å². The molecule has 0 spiro atoms. The molecule has 0 N–H and O–H groups in total. The van der Waals surface area contributed by atoms with Gasteiger partial charge in [-0.3, -0.25) is 0 Å². The maximum atomic E-state index is 5.73. The van der Waals surface area contributed by atoms with Crippen LogP contribution in [0.25, 0.3) is 0 Å². The van der Waals surface area contributed by atoms with Crippen LogP contribution in [0.5, 0.6) is 5.75 Å². The summed E-state index contributed by atoms with van der Waals surface area (Å²) in [5, 5.41) is 0. The standard InChI is InChI=1S/C15H15ClO/c1-12-4-2-3-5-14(12)11-17-15-8-6-13(10-16)7-9-15/h2-9H,10-11H2,1H3. The predicted molar refractivity (Wildman–Crippen MR) is 71.5 cm³/mol. The Balaban J connectivity index is 2.00. The molecule has 0 fully saturated rings. The number of hydrogen-bond acceptors (Lipinski definition) is 1. The van der Waals surface area contributed by atoms with Crippen LogP contribution in [0.15, 0.2) is 48.5 Å². The maximum Gasteiger partial charge on any atom is 0.119 e. The quantitative estimate of drug-likeness (QED) is 0.731. The normalized spacial score (nSPS) is 10.2. The minimum Gasteiger partial charge on any atom is -0.489 e. The van der Waals surface area contributed by atoms with Crippen LogP contribution < -0.4 is 4.74 Å². The molecule has 0 aliphatic rings. The van der Waals surface area contributed by atoms with Crippen LogP contribution >= 0.6 is 11.6 Å². The fourth-order valence-electron chi connectivity index (χ4n) is 1.61. The molecule has 88 valence electrons. The van der Waals surface area contributed by atoms with Crippen LogP contribution in [0.3, 0.4) is 0 Å². The first-order chi connectivity index (χ1) is 8.29. The van der Waals surface area contributed by atoms with Crippen molar-refractivity contribution in [3.8, 4) is 5.75 Å². The van der Waals surface area contributed by atoms with Gasteiger partial charge in [0.25, 0.3) is 0 Å². The molecule has 0 saturated heterocycles. The van der Waals surface area contributed by atoms with E-state index in [-0.39, 0.29) is 0 Å². The van der Waals surface area contributed by atoms with E-state index in [0.29, 0.717) is 12.5 Å². The third-order valence-corrected chi connectivity index (χ3v) is 3.04. The van der Waals surface area contributed by atoms with Gasteiger partial charge in [0.15, 0.2) is 0 Å². The van der Waals surface area contributed by atoms with Gasteiger partial charge in [-0.2, -0.15) is 0 Å². The Bertz CT molecular complexity index is 477. The lowest BCUT2D eigenvalue weighted by Crippen LogP contribution is -1.97. The SMILES string of the molecule is Cc1ccccc1COc1ccc(CCl)cc1. The fraction of sp³-hybridized carbons (Fsp3) is 0.200. The molecule has 2 aromatic rings. The van der Waals surface area contributed by atoms with Crippen molar-refractivity contribution in [3.63, 3.8) is 0 Å². The van der Waals surface area contributed by atoms with Crippen molar-refractivity contribution in [2.75, 3.05) is 0 Å². The van der Waals surface area contributed by atoms with Crippen LogP contribution in [0.4, 0.5) is 0 Å². The summed E-state index contributed by atoms with van der Waals surface area (Å²) in [5.74, 6) is 1.42. The number of ether oxygens (including phenoxy) is 1. The van der Waals surface area contributed by atoms with E-state index in [1.165, 1.54) is 11.1 Å². The average molecular weight is 247 g/mol. The van der Waals surface area contributed by atoms with Crippen LogP contribution in [0.1, 0.15) is 16.7 Å². The number of halogens is 1. The molecule has 0 heterocycles. The second-order valence-electron chi connectivity index (χ2n) is 3.99. The highest BCUT2D eigenvalue weighted by Crippen LogP contribution is 2.16. The number of benzene rings is 2. The Morgan fingerprint density at radius 2 is 1.71 bits per heavy atom. The summed E-state index contributed by atoms with van der Waals surface area (Å²) in [6.45, 7) is 2.70. The highest BCUT2D eigenvalue weighted by atomic mass is 35.5. The van der Waals surface area contributed by atoms with Gasteiger partial charge in [-0.1, -0.05) is 36.4 Å². The molecule has 2 heteroatoms. The second kappa shape index (κ2) is 5.74. The summed E-state index contributed by atoms with van der Waals surface area (Å²) < 4.78 is 5.73. The van der Waals surface area contributed by atoms with Gasteiger partial charge < -0.3 is 4.74 Å². The van der Waals surface area contributed by atoms with Crippen molar-refractivity contribution in [2.24, 2.45) is 0 Å². The monoisotopic (exact) mass is 246 g/mol. The van der Waals surface area contributed by atoms with Crippen molar-refractivity contribution in [1.29, 1.82) is 0 Å². The van der Waals surface area contributed by atoms with Crippen molar-refractivity contribution in [2.45, 2.75) is 19.4 Å². The van der Waals surface area contributed by atoms with Gasteiger partial charge in [-0.15, -0.1) is 11.6 Å². The molecule has 0 aliphatic carbocycles. The third kappa shape index (κ3) is 3.24. The Kier molecular flexibility index (Phi) is 4.05. The molecular weight excluding hydrogens is 232 g/mol. The molecule has 0 radical (unpaired) electrons. The molecule has 0 atom stereocenters. The summed E-state index contributed by atoms with van der Waals surface area (Å²) >= 11 is 5.73. The van der Waals surface area contributed by atoms with Crippen molar-refractivity contribution < 1.29 is 4.74 Å². The van der Waals surface area contributed by atoms with Gasteiger partial charge in [-0.05, 0) is 35.7 Å². The third-order valence-electron chi connectivity index (χ3n) is 2.73. The van der Waals surface area contributed by atoms with Crippen LogP contribution in [-0.2, 0) is 12.5 Å². The number of aryl methyl sites for hydroxylation is 1. The van der Waals surface area contributed by atoms with Crippen molar-refractivity contribution >= 4 is 11.6 Å². The van der Waals surface area contributed by atoms with Crippen molar-refractivity contribution in [1.82, 2.24) is 0 Å². The molecule has 17 heavy (non-hydrogen) atoms. The minimum atomic E-state index is 0.540. The first-order valence-electron chi connectivity index (χ1n) is 5.62. The van der Waals surface area contributed by atoms with E-state index >= 15 is 0 Å². The maximum absolute atomic E-state index is 5.73. The van der Waals surface area contributed by atoms with Gasteiger partial charge in [0.2, 0.25) is 0 Å². The van der Waals surface area contributed by atoms with E-state index in [4.69, 9.17) is 16.3 Å². The lowest BCUT2D eigenvalue weighted by atomic mass is 10.1. The first kappa shape index (κ1) is 12.0. The van der Waals surface area contributed by atoms with E-state index in [2.05, 4.69) is 19.1 Å². The molecule has 2 aromatic carbocycles. The second-order valence-corrected chi connectivity index (χ2v) is 4.26. The Morgan fingerprint density at radius 3 is 2.35 bits per heavy atom. The van der Waals surface area contributed by atoms with Gasteiger partial charge in [0.1, 0.15) is 12.4 Å². The molecule has 0 amide bonds. The molecule has 0 unspecified atom stereocenters. The number of hydrogen-bond donors (Lipinski definition) is 0. The topological polar surface area (TPSA) is 9.23 Å². The number of rotatable bonds is 4. The van der Waals surface area contributed by atoms with E-state index in [9.17, 15) is 0 Å². The fourth-order valence-corrected chi connectivity index (χ4v) is 1.79. The summed E-state index contributed by atoms with van der Waals surface area (Å²) in [4.78, 5) is 0. The van der Waals surface area contributed by atoms with Gasteiger partial charge in [-0.25, -0.2) is 0 Å². The van der Waals surface area contributed by atoms with E-state index in [1.54, 1.807) is 0 Å². The van der Waals surface area contributed by atoms with Crippen LogP contribution in [0.2, 0.25) is 0 Å². The number of alkyl halides is 1. The summed E-state index contributed by atoms with van der Waals surface area (Å²) in [5.41, 5.74) is 3.58. The van der Waals surface area contributed by atoms with E-state index < -0.39 is 0 Å². The van der Waals surface area contributed by atoms with Gasteiger partial charge in [0, 0.05) is 5.88 Å². The molecule has 1 nitrogen and oxygen atoms in total. The summed E-state index contributed by atoms with van der Waals surface area (Å²) in [6, 6.07) is 16.1. The molecular formula is C15H15ClO. The lowest BCUT2D eigenvalue weighted by Gasteiger charge is -2.08. The summed E-state index contributed by atoms with van der Waals surface area (Å²) in [7, 11) is 0. The van der Waals surface area contributed by atoms with Gasteiger partial charge >= 0.3 is 0 Å². The summed E-state index contributed by atoms with van der Waals surface area (Å²) in [6.07, 6.45) is 0. The zero-order chi connectivity index (χ0) is 12.1. The lowest BCUT2D eigenvalue weighted by molar-refractivity contribution is 0.305. The molecule has 0 aliphatic heterocycles. The van der Waals surface area contributed by atoms with E-state index in [1.807, 2.05) is 36.4 Å². The predicted octanol–water partition coefficient (Wildman–Crippen LogP) is 4.31. The smallest absolute Gasteiger partial charge is 0.119 e. The largest absolute Gasteiger partial charge is 0.489 e. The average Bonchev–Trinajstić information content (AvgIpc) is 2.38. The zero-order valence-corrected chi connectivity index (χ0v) is 10.6. The highest BCUT2D eigenvalue weighted by molar-refractivity contribution is 6.17. The Hall–Kier alpha value is -1.47. The zero-order valence-electron chi connectivity index (χ0n) is 9.82. The molecule has 0 bridgehead atoms. The van der Waals surface area contributed by atoms with Crippen LogP contribution in [0, 0.1) is 6.92 Å². The molecule has 0 aromatic heterocycles. The molecule has 2 rings (SSSR count). The highest BCUT2D eigenvalue weighted by Gasteiger charge is 1.99. The first-order valence-corrected chi connectivity index (χ1v) is 6.15. The van der Waals surface area contributed by atoms with Gasteiger partial charge in [0.05, 0.1) is 0 Å². The Labute approximate surface area is 107 Å². The van der Waals surface area contributed by atoms with Crippen LogP contribution in [-0.4, -0.2) is 0 Å². The Morgan fingerprint density at radius 1 is 1.00 bits per heavy atom. The molecule has 0 saturated carbocycles.